The zero-order chi connectivity index (χ0) is 17.4. The Morgan fingerprint density at radius 1 is 1.38 bits per heavy atom. The van der Waals surface area contributed by atoms with Gasteiger partial charge in [-0.15, -0.1) is 11.3 Å². The third-order valence-corrected chi connectivity index (χ3v) is 6.01. The number of aryl methyl sites for hydroxylation is 2. The molecule has 1 aliphatic heterocycles. The van der Waals surface area contributed by atoms with Crippen LogP contribution in [0.2, 0.25) is 0 Å². The molecule has 0 radical (unpaired) electrons. The summed E-state index contributed by atoms with van der Waals surface area (Å²) in [5.74, 6) is 0.235. The van der Waals surface area contributed by atoms with Crippen molar-refractivity contribution in [3.8, 4) is 0 Å². The van der Waals surface area contributed by atoms with Crippen LogP contribution in [-0.2, 0) is 11.2 Å². The molecule has 3 heterocycles. The first-order valence-electron chi connectivity index (χ1n) is 8.71. The Morgan fingerprint density at radius 3 is 2.62 bits per heavy atom. The summed E-state index contributed by atoms with van der Waals surface area (Å²) in [4.78, 5) is 33.6. The lowest BCUT2D eigenvalue weighted by Crippen LogP contribution is -2.42. The van der Waals surface area contributed by atoms with Crippen LogP contribution < -0.4 is 5.56 Å². The van der Waals surface area contributed by atoms with E-state index >= 15 is 0 Å². The van der Waals surface area contributed by atoms with Gasteiger partial charge in [-0.3, -0.25) is 14.2 Å². The van der Waals surface area contributed by atoms with Crippen LogP contribution in [0.3, 0.4) is 0 Å². The summed E-state index contributed by atoms with van der Waals surface area (Å²) in [6.07, 6.45) is 4.19. The standard InChI is InChI=1S/C18H25N3O2S/c1-5-14-12(4)24-16-15(14)18(23)21(10-19-16)13-6-8-20(9-7-13)17(22)11(2)3/h10-11,13H,5-9H2,1-4H3. The number of piperidine rings is 1. The molecule has 5 nitrogen and oxygen atoms in total. The maximum atomic E-state index is 13.0. The van der Waals surface area contributed by atoms with Crippen molar-refractivity contribution in [2.75, 3.05) is 13.1 Å². The van der Waals surface area contributed by atoms with Gasteiger partial charge in [-0.2, -0.15) is 0 Å². The van der Waals surface area contributed by atoms with Crippen LogP contribution in [0.4, 0.5) is 0 Å². The van der Waals surface area contributed by atoms with Gasteiger partial charge in [0.25, 0.3) is 5.56 Å². The number of carbonyl (C=O) groups excluding carboxylic acids is 1. The molecular formula is C18H25N3O2S. The summed E-state index contributed by atoms with van der Waals surface area (Å²) in [5, 5.41) is 0.795. The summed E-state index contributed by atoms with van der Waals surface area (Å²) in [5.41, 5.74) is 1.21. The van der Waals surface area contributed by atoms with Gasteiger partial charge in [0.05, 0.1) is 11.7 Å². The lowest BCUT2D eigenvalue weighted by atomic mass is 10.0. The fraction of sp³-hybridized carbons (Fsp3) is 0.611. The molecule has 2 aromatic rings. The summed E-state index contributed by atoms with van der Waals surface area (Å²) in [6.45, 7) is 9.45. The maximum Gasteiger partial charge on any atom is 0.262 e. The number of hydrogen-bond donors (Lipinski definition) is 0. The minimum Gasteiger partial charge on any atom is -0.342 e. The van der Waals surface area contributed by atoms with Crippen molar-refractivity contribution in [2.45, 2.75) is 53.0 Å². The second-order valence-corrected chi connectivity index (χ2v) is 8.04. The van der Waals surface area contributed by atoms with Crippen LogP contribution in [0.5, 0.6) is 0 Å². The molecule has 0 N–H and O–H groups in total. The summed E-state index contributed by atoms with van der Waals surface area (Å²) < 4.78 is 1.80. The summed E-state index contributed by atoms with van der Waals surface area (Å²) >= 11 is 1.60. The highest BCUT2D eigenvalue weighted by atomic mass is 32.1. The number of aromatic nitrogens is 2. The SMILES string of the molecule is CCc1c(C)sc2ncn(C3CCN(C(=O)C(C)C)CC3)c(=O)c12. The van der Waals surface area contributed by atoms with E-state index in [1.807, 2.05) is 18.7 Å². The van der Waals surface area contributed by atoms with Crippen molar-refractivity contribution in [3.63, 3.8) is 0 Å². The van der Waals surface area contributed by atoms with Crippen LogP contribution in [0.25, 0.3) is 10.2 Å². The Kier molecular flexibility index (Phi) is 4.76. The Hall–Kier alpha value is -1.69. The molecule has 1 aliphatic rings. The first-order valence-corrected chi connectivity index (χ1v) is 9.53. The summed E-state index contributed by atoms with van der Waals surface area (Å²) in [6, 6.07) is 0.135. The Labute approximate surface area is 146 Å². The molecule has 3 rings (SSSR count). The highest BCUT2D eigenvalue weighted by molar-refractivity contribution is 7.18. The zero-order valence-corrected chi connectivity index (χ0v) is 15.7. The normalized spacial score (nSPS) is 16.3. The number of rotatable bonds is 3. The molecule has 1 amide bonds. The van der Waals surface area contributed by atoms with Crippen LogP contribution >= 0.6 is 11.3 Å². The van der Waals surface area contributed by atoms with Gasteiger partial charge >= 0.3 is 0 Å². The van der Waals surface area contributed by atoms with E-state index in [1.165, 1.54) is 4.88 Å². The minimum absolute atomic E-state index is 0.0307. The van der Waals surface area contributed by atoms with Crippen molar-refractivity contribution in [1.82, 2.24) is 14.5 Å². The number of nitrogens with zero attached hydrogens (tertiary/aromatic N) is 3. The van der Waals surface area contributed by atoms with E-state index in [0.29, 0.717) is 0 Å². The molecule has 2 aromatic heterocycles. The number of likely N-dealkylation sites (tertiary alicyclic amines) is 1. The average Bonchev–Trinajstić information content (AvgIpc) is 2.90. The minimum atomic E-state index is 0.0307. The highest BCUT2D eigenvalue weighted by Gasteiger charge is 2.26. The van der Waals surface area contributed by atoms with Crippen LogP contribution in [-0.4, -0.2) is 33.4 Å². The van der Waals surface area contributed by atoms with Crippen LogP contribution in [0.15, 0.2) is 11.1 Å². The average molecular weight is 347 g/mol. The van der Waals surface area contributed by atoms with Gasteiger partial charge in [0.1, 0.15) is 4.83 Å². The van der Waals surface area contributed by atoms with E-state index < -0.39 is 0 Å². The van der Waals surface area contributed by atoms with E-state index in [1.54, 1.807) is 22.2 Å². The van der Waals surface area contributed by atoms with E-state index in [0.717, 1.165) is 48.1 Å². The molecule has 1 saturated heterocycles. The van der Waals surface area contributed by atoms with Crippen molar-refractivity contribution < 1.29 is 4.79 Å². The number of thiophene rings is 1. The van der Waals surface area contributed by atoms with Crippen molar-refractivity contribution >= 4 is 27.5 Å². The quantitative estimate of drug-likeness (QED) is 0.857. The lowest BCUT2D eigenvalue weighted by molar-refractivity contribution is -0.135. The summed E-state index contributed by atoms with van der Waals surface area (Å²) in [7, 11) is 0. The predicted octanol–water partition coefficient (Wildman–Crippen LogP) is 3.15. The first-order chi connectivity index (χ1) is 11.4. The Bertz CT molecular complexity index is 814. The Balaban J connectivity index is 1.88. The molecule has 0 unspecified atom stereocenters. The van der Waals surface area contributed by atoms with Crippen LogP contribution in [0, 0.1) is 12.8 Å². The second kappa shape index (κ2) is 6.67. The molecule has 0 aliphatic carbocycles. The predicted molar refractivity (Wildman–Crippen MR) is 97.7 cm³/mol. The number of carbonyl (C=O) groups is 1. The van der Waals surface area contributed by atoms with Crippen molar-refractivity contribution in [1.29, 1.82) is 0 Å². The lowest BCUT2D eigenvalue weighted by Gasteiger charge is -2.33. The molecule has 0 spiro atoms. The molecule has 0 bridgehead atoms. The highest BCUT2D eigenvalue weighted by Crippen LogP contribution is 2.28. The largest absolute Gasteiger partial charge is 0.342 e. The molecule has 130 valence electrons. The van der Waals surface area contributed by atoms with Gasteiger partial charge in [0, 0.05) is 29.9 Å². The topological polar surface area (TPSA) is 55.2 Å². The molecule has 0 atom stereocenters. The number of amides is 1. The van der Waals surface area contributed by atoms with Crippen LogP contribution in [0.1, 0.15) is 50.1 Å². The third kappa shape index (κ3) is 2.88. The molecule has 24 heavy (non-hydrogen) atoms. The number of hydrogen-bond acceptors (Lipinski definition) is 4. The monoisotopic (exact) mass is 347 g/mol. The maximum absolute atomic E-state index is 13.0. The third-order valence-electron chi connectivity index (χ3n) is 4.96. The van der Waals surface area contributed by atoms with Gasteiger partial charge in [0.15, 0.2) is 0 Å². The molecule has 0 saturated carbocycles. The van der Waals surface area contributed by atoms with E-state index in [2.05, 4.69) is 18.8 Å². The smallest absolute Gasteiger partial charge is 0.262 e. The van der Waals surface area contributed by atoms with E-state index in [-0.39, 0.29) is 23.4 Å². The number of fused-ring (bicyclic) bond motifs is 1. The first kappa shape index (κ1) is 17.1. The molecule has 1 fully saturated rings. The Morgan fingerprint density at radius 2 is 2.04 bits per heavy atom. The van der Waals surface area contributed by atoms with Gasteiger partial charge in [-0.05, 0) is 31.7 Å². The van der Waals surface area contributed by atoms with Gasteiger partial charge in [-0.1, -0.05) is 20.8 Å². The second-order valence-electron chi connectivity index (χ2n) is 6.84. The van der Waals surface area contributed by atoms with Gasteiger partial charge < -0.3 is 4.90 Å². The fourth-order valence-electron chi connectivity index (χ4n) is 3.59. The molecular weight excluding hydrogens is 322 g/mol. The molecule has 0 aromatic carbocycles. The fourth-order valence-corrected chi connectivity index (χ4v) is 4.66. The van der Waals surface area contributed by atoms with E-state index in [9.17, 15) is 9.59 Å². The zero-order valence-electron chi connectivity index (χ0n) is 14.8. The van der Waals surface area contributed by atoms with Gasteiger partial charge in [-0.25, -0.2) is 4.98 Å². The van der Waals surface area contributed by atoms with Crippen molar-refractivity contribution in [2.24, 2.45) is 5.92 Å². The molecule has 6 heteroatoms. The van der Waals surface area contributed by atoms with Crippen molar-refractivity contribution in [3.05, 3.63) is 27.1 Å². The van der Waals surface area contributed by atoms with E-state index in [4.69, 9.17) is 0 Å². The van der Waals surface area contributed by atoms with Gasteiger partial charge in [0.2, 0.25) is 5.91 Å².